The van der Waals surface area contributed by atoms with Gasteiger partial charge in [-0.1, -0.05) is 23.5 Å². The molecule has 0 radical (unpaired) electrons. The van der Waals surface area contributed by atoms with Gasteiger partial charge in [0.1, 0.15) is 0 Å². The van der Waals surface area contributed by atoms with Crippen LogP contribution in [0.5, 0.6) is 0 Å². The number of ether oxygens (including phenoxy) is 2. The Kier molecular flexibility index (Phi) is 8.40. The summed E-state index contributed by atoms with van der Waals surface area (Å²) < 4.78 is 37.6. The Morgan fingerprint density at radius 3 is 2.44 bits per heavy atom. The number of rotatable bonds is 9. The van der Waals surface area contributed by atoms with E-state index in [0.29, 0.717) is 35.7 Å². The van der Waals surface area contributed by atoms with E-state index in [1.165, 1.54) is 30.6 Å². The number of amides is 1. The Hall–Kier alpha value is -2.82. The summed E-state index contributed by atoms with van der Waals surface area (Å²) in [5.74, 6) is -0.793. The third kappa shape index (κ3) is 5.81. The van der Waals surface area contributed by atoms with Gasteiger partial charge >= 0.3 is 5.97 Å². The smallest absolute Gasteiger partial charge is 0.337 e. The molecular formula is C24H28N2O6S2. The fourth-order valence-electron chi connectivity index (χ4n) is 3.31. The second-order valence-electron chi connectivity index (χ2n) is 7.83. The van der Waals surface area contributed by atoms with Crippen molar-refractivity contribution < 1.29 is 27.5 Å². The number of thiazole rings is 1. The van der Waals surface area contributed by atoms with Gasteiger partial charge in [0.25, 0.3) is 5.91 Å². The van der Waals surface area contributed by atoms with Crippen molar-refractivity contribution >= 4 is 43.3 Å². The average molecular weight is 505 g/mol. The van der Waals surface area contributed by atoms with Crippen LogP contribution >= 0.6 is 11.3 Å². The van der Waals surface area contributed by atoms with Gasteiger partial charge in [-0.3, -0.25) is 4.79 Å². The molecule has 1 aromatic heterocycles. The van der Waals surface area contributed by atoms with Crippen molar-refractivity contribution in [2.45, 2.75) is 43.9 Å². The van der Waals surface area contributed by atoms with Crippen LogP contribution in [0.1, 0.15) is 36.7 Å². The zero-order valence-electron chi connectivity index (χ0n) is 19.6. The molecule has 0 fully saturated rings. The first kappa shape index (κ1) is 25.8. The molecule has 8 nitrogen and oxygen atoms in total. The highest BCUT2D eigenvalue weighted by Crippen LogP contribution is 2.20. The maximum atomic E-state index is 12.8. The second kappa shape index (κ2) is 11.1. The molecule has 1 amide bonds. The fourth-order valence-corrected chi connectivity index (χ4v) is 5.48. The van der Waals surface area contributed by atoms with Gasteiger partial charge in [0.2, 0.25) is 0 Å². The van der Waals surface area contributed by atoms with Gasteiger partial charge in [-0.25, -0.2) is 13.2 Å². The molecule has 2 aromatic carbocycles. The molecule has 3 rings (SSSR count). The average Bonchev–Trinajstić information content (AvgIpc) is 3.14. The summed E-state index contributed by atoms with van der Waals surface area (Å²) in [5, 5.41) is -0.519. The van der Waals surface area contributed by atoms with Gasteiger partial charge in [-0.2, -0.15) is 4.99 Å². The molecule has 34 heavy (non-hydrogen) atoms. The number of carbonyl (C=O) groups excluding carboxylic acids is 2. The van der Waals surface area contributed by atoms with Gasteiger partial charge in [-0.05, 0) is 56.7 Å². The Morgan fingerprint density at radius 1 is 1.12 bits per heavy atom. The summed E-state index contributed by atoms with van der Waals surface area (Å²) in [7, 11) is -2.04. The van der Waals surface area contributed by atoms with Gasteiger partial charge in [-0.15, -0.1) is 0 Å². The SMILES string of the molecule is CCOCCn1c(=NC(=O)Cc2ccc(S(=O)(=O)C(C)C)cc2)sc2cc(C(=O)OC)ccc21. The molecule has 0 bridgehead atoms. The third-order valence-electron chi connectivity index (χ3n) is 5.22. The van der Waals surface area contributed by atoms with Crippen molar-refractivity contribution in [2.24, 2.45) is 4.99 Å². The number of benzene rings is 2. The van der Waals surface area contributed by atoms with Crippen LogP contribution in [-0.4, -0.2) is 50.4 Å². The highest BCUT2D eigenvalue weighted by molar-refractivity contribution is 7.92. The van der Waals surface area contributed by atoms with Crippen molar-refractivity contribution in [1.82, 2.24) is 4.57 Å². The lowest BCUT2D eigenvalue weighted by atomic mass is 10.1. The predicted octanol–water partition coefficient (Wildman–Crippen LogP) is 3.38. The minimum atomic E-state index is -3.37. The maximum absolute atomic E-state index is 12.8. The largest absolute Gasteiger partial charge is 0.465 e. The van der Waals surface area contributed by atoms with E-state index in [1.54, 1.807) is 44.2 Å². The Bertz CT molecular complexity index is 1350. The summed E-state index contributed by atoms with van der Waals surface area (Å²) in [5.41, 5.74) is 1.93. The first-order chi connectivity index (χ1) is 16.2. The number of sulfone groups is 1. The lowest BCUT2D eigenvalue weighted by Gasteiger charge is -2.08. The molecule has 0 N–H and O–H groups in total. The predicted molar refractivity (Wildman–Crippen MR) is 131 cm³/mol. The van der Waals surface area contributed by atoms with Gasteiger partial charge in [0.15, 0.2) is 14.6 Å². The van der Waals surface area contributed by atoms with Crippen LogP contribution in [0, 0.1) is 0 Å². The molecule has 0 unspecified atom stereocenters. The molecule has 0 atom stereocenters. The lowest BCUT2D eigenvalue weighted by molar-refractivity contribution is -0.117. The first-order valence-electron chi connectivity index (χ1n) is 10.9. The van der Waals surface area contributed by atoms with Gasteiger partial charge in [0.05, 0.1) is 46.1 Å². The van der Waals surface area contributed by atoms with E-state index in [0.717, 1.165) is 10.2 Å². The molecule has 1 heterocycles. The number of carbonyl (C=O) groups is 2. The number of hydrogen-bond donors (Lipinski definition) is 0. The molecular weight excluding hydrogens is 476 g/mol. The van der Waals surface area contributed by atoms with Crippen LogP contribution < -0.4 is 4.80 Å². The topological polar surface area (TPSA) is 104 Å². The molecule has 182 valence electrons. The number of esters is 1. The molecule has 0 aliphatic carbocycles. The molecule has 0 aliphatic rings. The van der Waals surface area contributed by atoms with Crippen molar-refractivity contribution in [1.29, 1.82) is 0 Å². The van der Waals surface area contributed by atoms with E-state index >= 15 is 0 Å². The Labute approximate surface area is 202 Å². The van der Waals surface area contributed by atoms with E-state index in [1.807, 2.05) is 11.5 Å². The molecule has 0 spiro atoms. The van der Waals surface area contributed by atoms with E-state index in [-0.39, 0.29) is 17.2 Å². The van der Waals surface area contributed by atoms with Gasteiger partial charge in [0, 0.05) is 13.2 Å². The number of fused-ring (bicyclic) bond motifs is 1. The summed E-state index contributed by atoms with van der Waals surface area (Å²) in [4.78, 5) is 29.7. The highest BCUT2D eigenvalue weighted by atomic mass is 32.2. The zero-order valence-corrected chi connectivity index (χ0v) is 21.2. The van der Waals surface area contributed by atoms with Crippen LogP contribution in [0.15, 0.2) is 52.4 Å². The van der Waals surface area contributed by atoms with Crippen LogP contribution in [0.2, 0.25) is 0 Å². The molecule has 0 saturated heterocycles. The van der Waals surface area contributed by atoms with Crippen molar-refractivity contribution in [3.63, 3.8) is 0 Å². The Morgan fingerprint density at radius 2 is 1.82 bits per heavy atom. The van der Waals surface area contributed by atoms with Crippen molar-refractivity contribution in [3.05, 3.63) is 58.4 Å². The van der Waals surface area contributed by atoms with E-state index in [4.69, 9.17) is 9.47 Å². The zero-order chi connectivity index (χ0) is 24.9. The lowest BCUT2D eigenvalue weighted by Crippen LogP contribution is -2.20. The summed E-state index contributed by atoms with van der Waals surface area (Å²) in [6.45, 7) is 6.69. The van der Waals surface area contributed by atoms with E-state index < -0.39 is 21.1 Å². The number of aromatic nitrogens is 1. The molecule has 3 aromatic rings. The van der Waals surface area contributed by atoms with E-state index in [9.17, 15) is 18.0 Å². The number of methoxy groups -OCH3 is 1. The Balaban J connectivity index is 1.92. The van der Waals surface area contributed by atoms with Crippen molar-refractivity contribution in [3.8, 4) is 0 Å². The summed E-state index contributed by atoms with van der Waals surface area (Å²) >= 11 is 1.30. The molecule has 10 heteroatoms. The number of nitrogens with zero attached hydrogens (tertiary/aromatic N) is 2. The minimum Gasteiger partial charge on any atom is -0.465 e. The minimum absolute atomic E-state index is 0.0368. The number of hydrogen-bond acceptors (Lipinski definition) is 7. The van der Waals surface area contributed by atoms with Crippen LogP contribution in [0.4, 0.5) is 0 Å². The van der Waals surface area contributed by atoms with Crippen LogP contribution in [0.25, 0.3) is 10.2 Å². The van der Waals surface area contributed by atoms with Gasteiger partial charge < -0.3 is 14.0 Å². The normalized spacial score (nSPS) is 12.4. The van der Waals surface area contributed by atoms with Crippen LogP contribution in [0.3, 0.4) is 0 Å². The molecule has 0 saturated carbocycles. The first-order valence-corrected chi connectivity index (χ1v) is 13.2. The maximum Gasteiger partial charge on any atom is 0.337 e. The third-order valence-corrected chi connectivity index (χ3v) is 8.43. The summed E-state index contributed by atoms with van der Waals surface area (Å²) in [6, 6.07) is 11.5. The highest BCUT2D eigenvalue weighted by Gasteiger charge is 2.19. The van der Waals surface area contributed by atoms with Crippen molar-refractivity contribution in [2.75, 3.05) is 20.3 Å². The monoisotopic (exact) mass is 504 g/mol. The fraction of sp³-hybridized carbons (Fsp3) is 0.375. The quantitative estimate of drug-likeness (QED) is 0.327. The second-order valence-corrected chi connectivity index (χ2v) is 11.3. The van der Waals surface area contributed by atoms with E-state index in [2.05, 4.69) is 4.99 Å². The molecule has 0 aliphatic heterocycles. The standard InChI is InChI=1S/C24H28N2O6S2/c1-5-32-13-12-26-20-11-8-18(23(28)31-4)15-21(20)33-24(26)25-22(27)14-17-6-9-19(10-7-17)34(29,30)16(2)3/h6-11,15-16H,5,12-14H2,1-4H3. The summed E-state index contributed by atoms with van der Waals surface area (Å²) in [6.07, 6.45) is 0.0368. The van der Waals surface area contributed by atoms with Crippen LogP contribution in [-0.2, 0) is 37.1 Å².